The lowest BCUT2D eigenvalue weighted by Crippen LogP contribution is -2.21. The average Bonchev–Trinajstić information content (AvgIpc) is 2.66. The Bertz CT molecular complexity index is 581. The van der Waals surface area contributed by atoms with Crippen LogP contribution in [0.5, 0.6) is 0 Å². The van der Waals surface area contributed by atoms with Gasteiger partial charge in [0.15, 0.2) is 0 Å². The van der Waals surface area contributed by atoms with Crippen molar-refractivity contribution in [2.45, 2.75) is 46.0 Å². The Labute approximate surface area is 110 Å². The molecule has 2 aromatic carbocycles. The van der Waals surface area contributed by atoms with Crippen LogP contribution in [0, 0.1) is 5.41 Å². The van der Waals surface area contributed by atoms with Gasteiger partial charge in [0, 0.05) is 0 Å². The first-order valence-corrected chi connectivity index (χ1v) is 7.05. The Kier molecular flexibility index (Phi) is 2.52. The van der Waals surface area contributed by atoms with E-state index in [0.29, 0.717) is 17.3 Å². The molecule has 94 valence electrons. The maximum absolute atomic E-state index is 2.38. The van der Waals surface area contributed by atoms with Crippen molar-refractivity contribution in [2.24, 2.45) is 5.41 Å². The second-order valence-electron chi connectivity index (χ2n) is 6.65. The van der Waals surface area contributed by atoms with Crippen molar-refractivity contribution in [1.29, 1.82) is 0 Å². The van der Waals surface area contributed by atoms with Crippen LogP contribution in [0.15, 0.2) is 36.4 Å². The van der Waals surface area contributed by atoms with Gasteiger partial charge in [-0.25, -0.2) is 0 Å². The summed E-state index contributed by atoms with van der Waals surface area (Å²) in [6.07, 6.45) is 1.23. The van der Waals surface area contributed by atoms with E-state index in [2.05, 4.69) is 64.1 Å². The van der Waals surface area contributed by atoms with Crippen LogP contribution in [0.25, 0.3) is 10.8 Å². The molecule has 0 heteroatoms. The largest absolute Gasteiger partial charge is 0.0648 e. The number of hydrogen-bond donors (Lipinski definition) is 0. The Balaban J connectivity index is 2.33. The average molecular weight is 238 g/mol. The predicted octanol–water partition coefficient (Wildman–Crippen LogP) is 5.48. The minimum absolute atomic E-state index is 0.327. The van der Waals surface area contributed by atoms with Crippen LogP contribution < -0.4 is 0 Å². The zero-order chi connectivity index (χ0) is 12.9. The Morgan fingerprint density at radius 2 is 1.56 bits per heavy atom. The van der Waals surface area contributed by atoms with Crippen molar-refractivity contribution >= 4 is 10.8 Å². The summed E-state index contributed by atoms with van der Waals surface area (Å²) in [5.41, 5.74) is 3.47. The molecule has 0 aromatic heterocycles. The highest BCUT2D eigenvalue weighted by Gasteiger charge is 2.39. The zero-order valence-corrected chi connectivity index (χ0v) is 11.8. The highest BCUT2D eigenvalue weighted by Crippen LogP contribution is 2.55. The SMILES string of the molecule is CCC1c2cccc3cccc(c23)C1C(C)(C)C. The summed E-state index contributed by atoms with van der Waals surface area (Å²) in [5, 5.41) is 2.95. The molecular weight excluding hydrogens is 216 g/mol. The van der Waals surface area contributed by atoms with Gasteiger partial charge < -0.3 is 0 Å². The van der Waals surface area contributed by atoms with Gasteiger partial charge in [-0.2, -0.15) is 0 Å². The predicted molar refractivity (Wildman–Crippen MR) is 79.2 cm³/mol. The molecule has 0 nitrogen and oxygen atoms in total. The van der Waals surface area contributed by atoms with E-state index in [1.165, 1.54) is 17.2 Å². The standard InChI is InChI=1S/C18H22/c1-5-13-14-10-6-8-12-9-7-11-15(16(12)14)17(13)18(2,3)4/h6-11,13,17H,5H2,1-4H3. The van der Waals surface area contributed by atoms with Gasteiger partial charge >= 0.3 is 0 Å². The maximum atomic E-state index is 2.38. The van der Waals surface area contributed by atoms with Gasteiger partial charge in [0.25, 0.3) is 0 Å². The van der Waals surface area contributed by atoms with Gasteiger partial charge in [-0.1, -0.05) is 64.1 Å². The van der Waals surface area contributed by atoms with Crippen molar-refractivity contribution in [1.82, 2.24) is 0 Å². The van der Waals surface area contributed by atoms with Crippen LogP contribution in [0.3, 0.4) is 0 Å². The van der Waals surface area contributed by atoms with E-state index in [0.717, 1.165) is 0 Å². The molecule has 0 fully saturated rings. The number of hydrogen-bond acceptors (Lipinski definition) is 0. The summed E-state index contributed by atoms with van der Waals surface area (Å²) in [6, 6.07) is 13.6. The monoisotopic (exact) mass is 238 g/mol. The van der Waals surface area contributed by atoms with Crippen molar-refractivity contribution < 1.29 is 0 Å². The van der Waals surface area contributed by atoms with Crippen LogP contribution >= 0.6 is 0 Å². The van der Waals surface area contributed by atoms with E-state index in [1.54, 1.807) is 11.1 Å². The second kappa shape index (κ2) is 3.85. The lowest BCUT2D eigenvalue weighted by atomic mass is 9.71. The fourth-order valence-corrected chi connectivity index (χ4v) is 3.89. The normalized spacial score (nSPS) is 22.7. The van der Waals surface area contributed by atoms with Crippen molar-refractivity contribution in [3.05, 3.63) is 47.5 Å². The molecule has 0 spiro atoms. The minimum atomic E-state index is 0.327. The fraction of sp³-hybridized carbons (Fsp3) is 0.444. The van der Waals surface area contributed by atoms with Crippen LogP contribution in [-0.2, 0) is 0 Å². The molecule has 0 radical (unpaired) electrons. The molecule has 2 unspecified atom stereocenters. The topological polar surface area (TPSA) is 0 Å². The van der Waals surface area contributed by atoms with Gasteiger partial charge in [-0.05, 0) is 45.6 Å². The molecule has 0 bridgehead atoms. The summed E-state index contributed by atoms with van der Waals surface area (Å²) in [4.78, 5) is 0. The molecule has 2 atom stereocenters. The first-order chi connectivity index (χ1) is 8.54. The first-order valence-electron chi connectivity index (χ1n) is 7.05. The molecular formula is C18H22. The van der Waals surface area contributed by atoms with Gasteiger partial charge in [0.2, 0.25) is 0 Å². The van der Waals surface area contributed by atoms with Crippen molar-refractivity contribution in [3.63, 3.8) is 0 Å². The van der Waals surface area contributed by atoms with Crippen LogP contribution in [0.2, 0.25) is 0 Å². The third-order valence-electron chi connectivity index (χ3n) is 4.48. The summed E-state index contributed by atoms with van der Waals surface area (Å²) in [5.74, 6) is 1.34. The third kappa shape index (κ3) is 1.51. The van der Waals surface area contributed by atoms with Gasteiger partial charge in [-0.3, -0.25) is 0 Å². The quantitative estimate of drug-likeness (QED) is 0.617. The molecule has 1 aliphatic rings. The highest BCUT2D eigenvalue weighted by atomic mass is 14.4. The molecule has 0 aliphatic heterocycles. The van der Waals surface area contributed by atoms with E-state index in [9.17, 15) is 0 Å². The number of benzene rings is 2. The van der Waals surface area contributed by atoms with Crippen LogP contribution in [0.1, 0.15) is 57.1 Å². The highest BCUT2D eigenvalue weighted by molar-refractivity contribution is 5.92. The molecule has 0 heterocycles. The Morgan fingerprint density at radius 3 is 2.11 bits per heavy atom. The van der Waals surface area contributed by atoms with E-state index in [-0.39, 0.29) is 0 Å². The lowest BCUT2D eigenvalue weighted by molar-refractivity contribution is 0.284. The van der Waals surface area contributed by atoms with Gasteiger partial charge in [-0.15, -0.1) is 0 Å². The Hall–Kier alpha value is -1.30. The molecule has 0 saturated heterocycles. The lowest BCUT2D eigenvalue weighted by Gasteiger charge is -2.33. The van der Waals surface area contributed by atoms with E-state index in [4.69, 9.17) is 0 Å². The van der Waals surface area contributed by atoms with E-state index < -0.39 is 0 Å². The molecule has 2 aromatic rings. The molecule has 0 N–H and O–H groups in total. The molecule has 3 rings (SSSR count). The summed E-state index contributed by atoms with van der Waals surface area (Å²) in [7, 11) is 0. The maximum Gasteiger partial charge on any atom is -0.00380 e. The fourth-order valence-electron chi connectivity index (χ4n) is 3.89. The minimum Gasteiger partial charge on any atom is -0.0648 e. The molecule has 0 saturated carbocycles. The van der Waals surface area contributed by atoms with Crippen LogP contribution in [0.4, 0.5) is 0 Å². The summed E-state index contributed by atoms with van der Waals surface area (Å²) in [6.45, 7) is 9.47. The van der Waals surface area contributed by atoms with Crippen molar-refractivity contribution in [2.75, 3.05) is 0 Å². The summed E-state index contributed by atoms with van der Waals surface area (Å²) >= 11 is 0. The smallest absolute Gasteiger partial charge is 0.00380 e. The molecule has 1 aliphatic carbocycles. The van der Waals surface area contributed by atoms with Gasteiger partial charge in [0.05, 0.1) is 0 Å². The van der Waals surface area contributed by atoms with E-state index >= 15 is 0 Å². The number of rotatable bonds is 1. The third-order valence-corrected chi connectivity index (χ3v) is 4.48. The second-order valence-corrected chi connectivity index (χ2v) is 6.65. The molecule has 0 amide bonds. The van der Waals surface area contributed by atoms with Gasteiger partial charge in [0.1, 0.15) is 0 Å². The summed E-state index contributed by atoms with van der Waals surface area (Å²) < 4.78 is 0. The van der Waals surface area contributed by atoms with Crippen molar-refractivity contribution in [3.8, 4) is 0 Å². The van der Waals surface area contributed by atoms with E-state index in [1.807, 2.05) is 0 Å². The first kappa shape index (κ1) is 11.8. The molecule has 18 heavy (non-hydrogen) atoms. The van der Waals surface area contributed by atoms with Crippen LogP contribution in [-0.4, -0.2) is 0 Å². The zero-order valence-electron chi connectivity index (χ0n) is 11.8. The Morgan fingerprint density at radius 1 is 0.944 bits per heavy atom.